The number of pyridine rings is 1. The molecule has 0 aliphatic heterocycles. The third kappa shape index (κ3) is 3.31. The standard InChI is InChI=1S/C18H22N2O/c21-13-12-20(14-15-8-10-19-11-9-15)18-7-3-5-16-4-1-2-6-17(16)18/h1-2,4,6,8-11,18,21H,3,5,7,12-14H2. The van der Waals surface area contributed by atoms with Crippen molar-refractivity contribution in [3.63, 3.8) is 0 Å². The van der Waals surface area contributed by atoms with Crippen LogP contribution in [-0.2, 0) is 13.0 Å². The molecule has 21 heavy (non-hydrogen) atoms. The van der Waals surface area contributed by atoms with Gasteiger partial charge < -0.3 is 5.11 Å². The van der Waals surface area contributed by atoms with Crippen LogP contribution in [0.1, 0.15) is 35.6 Å². The van der Waals surface area contributed by atoms with Crippen molar-refractivity contribution in [1.82, 2.24) is 9.88 Å². The number of hydrogen-bond acceptors (Lipinski definition) is 3. The Hall–Kier alpha value is -1.71. The van der Waals surface area contributed by atoms with Gasteiger partial charge in [-0.2, -0.15) is 0 Å². The molecule has 1 aromatic carbocycles. The molecule has 0 saturated heterocycles. The molecule has 0 saturated carbocycles. The Morgan fingerprint density at radius 3 is 2.76 bits per heavy atom. The minimum atomic E-state index is 0.198. The van der Waals surface area contributed by atoms with Crippen LogP contribution in [-0.4, -0.2) is 28.1 Å². The Morgan fingerprint density at radius 2 is 1.95 bits per heavy atom. The maximum absolute atomic E-state index is 9.44. The van der Waals surface area contributed by atoms with E-state index in [1.807, 2.05) is 12.4 Å². The normalized spacial score (nSPS) is 17.7. The molecular weight excluding hydrogens is 260 g/mol. The van der Waals surface area contributed by atoms with Crippen molar-refractivity contribution >= 4 is 0 Å². The minimum absolute atomic E-state index is 0.198. The molecule has 1 aromatic heterocycles. The molecular formula is C18H22N2O. The summed E-state index contributed by atoms with van der Waals surface area (Å²) in [7, 11) is 0. The zero-order chi connectivity index (χ0) is 14.5. The van der Waals surface area contributed by atoms with Gasteiger partial charge in [-0.1, -0.05) is 24.3 Å². The molecule has 1 N–H and O–H groups in total. The average molecular weight is 282 g/mol. The van der Waals surface area contributed by atoms with Crippen molar-refractivity contribution in [2.75, 3.05) is 13.2 Å². The van der Waals surface area contributed by atoms with E-state index in [2.05, 4.69) is 46.3 Å². The molecule has 2 aromatic rings. The van der Waals surface area contributed by atoms with Gasteiger partial charge in [0, 0.05) is 31.5 Å². The van der Waals surface area contributed by atoms with Gasteiger partial charge in [0.1, 0.15) is 0 Å². The zero-order valence-electron chi connectivity index (χ0n) is 12.3. The largest absolute Gasteiger partial charge is 0.395 e. The van der Waals surface area contributed by atoms with Gasteiger partial charge in [-0.3, -0.25) is 9.88 Å². The predicted octanol–water partition coefficient (Wildman–Crippen LogP) is 2.95. The highest BCUT2D eigenvalue weighted by molar-refractivity contribution is 5.32. The second-order valence-electron chi connectivity index (χ2n) is 5.66. The molecule has 3 heteroatoms. The number of fused-ring (bicyclic) bond motifs is 1. The molecule has 1 atom stereocenters. The number of aliphatic hydroxyl groups excluding tert-OH is 1. The maximum atomic E-state index is 9.44. The SMILES string of the molecule is OCCN(Cc1ccncc1)C1CCCc2ccccc21. The van der Waals surface area contributed by atoms with Crippen LogP contribution in [0.4, 0.5) is 0 Å². The molecule has 0 bridgehead atoms. The fourth-order valence-corrected chi connectivity index (χ4v) is 3.30. The van der Waals surface area contributed by atoms with Gasteiger partial charge in [-0.15, -0.1) is 0 Å². The van der Waals surface area contributed by atoms with E-state index in [1.165, 1.54) is 36.0 Å². The second-order valence-corrected chi connectivity index (χ2v) is 5.66. The van der Waals surface area contributed by atoms with Crippen molar-refractivity contribution < 1.29 is 5.11 Å². The van der Waals surface area contributed by atoms with Gasteiger partial charge in [0.05, 0.1) is 6.61 Å². The summed E-state index contributed by atoms with van der Waals surface area (Å²) in [6.07, 6.45) is 7.24. The third-order valence-electron chi connectivity index (χ3n) is 4.30. The quantitative estimate of drug-likeness (QED) is 0.916. The highest BCUT2D eigenvalue weighted by atomic mass is 16.3. The summed E-state index contributed by atoms with van der Waals surface area (Å²) in [4.78, 5) is 6.48. The topological polar surface area (TPSA) is 36.4 Å². The number of rotatable bonds is 5. The van der Waals surface area contributed by atoms with Crippen LogP contribution >= 0.6 is 0 Å². The van der Waals surface area contributed by atoms with E-state index >= 15 is 0 Å². The first-order valence-corrected chi connectivity index (χ1v) is 7.70. The molecule has 3 rings (SSSR count). The summed E-state index contributed by atoms with van der Waals surface area (Å²) in [5.74, 6) is 0. The Balaban J connectivity index is 1.84. The number of nitrogens with zero attached hydrogens (tertiary/aromatic N) is 2. The predicted molar refractivity (Wildman–Crippen MR) is 83.9 cm³/mol. The fraction of sp³-hybridized carbons (Fsp3) is 0.389. The van der Waals surface area contributed by atoms with Crippen LogP contribution in [0, 0.1) is 0 Å². The lowest BCUT2D eigenvalue weighted by atomic mass is 9.86. The van der Waals surface area contributed by atoms with Gasteiger partial charge in [0.25, 0.3) is 0 Å². The van der Waals surface area contributed by atoms with Gasteiger partial charge in [0.15, 0.2) is 0 Å². The Kier molecular flexibility index (Phi) is 4.63. The van der Waals surface area contributed by atoms with E-state index in [-0.39, 0.29) is 6.61 Å². The van der Waals surface area contributed by atoms with E-state index in [1.54, 1.807) is 0 Å². The summed E-state index contributed by atoms with van der Waals surface area (Å²) in [6, 6.07) is 13.3. The molecule has 1 aliphatic carbocycles. The Bertz CT molecular complexity index is 570. The summed E-state index contributed by atoms with van der Waals surface area (Å²) >= 11 is 0. The van der Waals surface area contributed by atoms with Crippen molar-refractivity contribution in [1.29, 1.82) is 0 Å². The maximum Gasteiger partial charge on any atom is 0.0558 e. The highest BCUT2D eigenvalue weighted by Crippen LogP contribution is 2.34. The first-order valence-electron chi connectivity index (χ1n) is 7.70. The number of benzene rings is 1. The fourth-order valence-electron chi connectivity index (χ4n) is 3.30. The van der Waals surface area contributed by atoms with E-state index < -0.39 is 0 Å². The lowest BCUT2D eigenvalue weighted by Gasteiger charge is -2.35. The number of hydrogen-bond donors (Lipinski definition) is 1. The van der Waals surface area contributed by atoms with Crippen molar-refractivity contribution in [2.24, 2.45) is 0 Å². The second kappa shape index (κ2) is 6.83. The van der Waals surface area contributed by atoms with Crippen molar-refractivity contribution in [3.8, 4) is 0 Å². The van der Waals surface area contributed by atoms with E-state index in [0.29, 0.717) is 12.6 Å². The average Bonchev–Trinajstić information content (AvgIpc) is 2.55. The van der Waals surface area contributed by atoms with Gasteiger partial charge in [-0.25, -0.2) is 0 Å². The van der Waals surface area contributed by atoms with Crippen LogP contribution < -0.4 is 0 Å². The first-order chi connectivity index (χ1) is 10.4. The molecule has 0 fully saturated rings. The molecule has 1 unspecified atom stereocenters. The van der Waals surface area contributed by atoms with Gasteiger partial charge >= 0.3 is 0 Å². The van der Waals surface area contributed by atoms with E-state index in [4.69, 9.17) is 0 Å². The molecule has 0 amide bonds. The van der Waals surface area contributed by atoms with Gasteiger partial charge in [-0.05, 0) is 48.1 Å². The van der Waals surface area contributed by atoms with Crippen LogP contribution in [0.5, 0.6) is 0 Å². The monoisotopic (exact) mass is 282 g/mol. The zero-order valence-corrected chi connectivity index (χ0v) is 12.3. The highest BCUT2D eigenvalue weighted by Gasteiger charge is 2.25. The molecule has 1 aliphatic rings. The Labute approximate surface area is 126 Å². The van der Waals surface area contributed by atoms with Crippen molar-refractivity contribution in [3.05, 3.63) is 65.5 Å². The van der Waals surface area contributed by atoms with Crippen LogP contribution in [0.25, 0.3) is 0 Å². The van der Waals surface area contributed by atoms with Crippen molar-refractivity contribution in [2.45, 2.75) is 31.8 Å². The summed E-state index contributed by atoms with van der Waals surface area (Å²) in [6.45, 7) is 1.77. The Morgan fingerprint density at radius 1 is 1.14 bits per heavy atom. The van der Waals surface area contributed by atoms with Crippen LogP contribution in [0.15, 0.2) is 48.8 Å². The molecule has 1 heterocycles. The third-order valence-corrected chi connectivity index (χ3v) is 4.30. The number of aliphatic hydroxyl groups is 1. The lowest BCUT2D eigenvalue weighted by molar-refractivity contribution is 0.131. The molecule has 110 valence electrons. The first kappa shape index (κ1) is 14.2. The van der Waals surface area contributed by atoms with E-state index in [9.17, 15) is 5.11 Å². The smallest absolute Gasteiger partial charge is 0.0558 e. The lowest BCUT2D eigenvalue weighted by Crippen LogP contribution is -2.33. The van der Waals surface area contributed by atoms with E-state index in [0.717, 1.165) is 6.54 Å². The molecule has 0 spiro atoms. The minimum Gasteiger partial charge on any atom is -0.395 e. The van der Waals surface area contributed by atoms with Crippen LogP contribution in [0.3, 0.4) is 0 Å². The number of aryl methyl sites for hydroxylation is 1. The van der Waals surface area contributed by atoms with Crippen LogP contribution in [0.2, 0.25) is 0 Å². The number of aromatic nitrogens is 1. The molecule has 0 radical (unpaired) electrons. The summed E-state index contributed by atoms with van der Waals surface area (Å²) in [5.41, 5.74) is 4.15. The summed E-state index contributed by atoms with van der Waals surface area (Å²) < 4.78 is 0. The molecule has 3 nitrogen and oxygen atoms in total. The summed E-state index contributed by atoms with van der Waals surface area (Å²) in [5, 5.41) is 9.44. The van der Waals surface area contributed by atoms with Gasteiger partial charge in [0.2, 0.25) is 0 Å².